The predicted octanol–water partition coefficient (Wildman–Crippen LogP) is 7.49. The zero-order valence-corrected chi connectivity index (χ0v) is 26.4. The molecular weight excluding hydrogens is 681 g/mol. The Kier molecular flexibility index (Phi) is 9.05. The highest BCUT2D eigenvalue weighted by Crippen LogP contribution is 2.42. The van der Waals surface area contributed by atoms with E-state index >= 15 is 0 Å². The summed E-state index contributed by atoms with van der Waals surface area (Å²) < 4.78 is 73.0. The van der Waals surface area contributed by atoms with E-state index in [9.17, 15) is 26.4 Å². The molecule has 0 radical (unpaired) electrons. The van der Waals surface area contributed by atoms with Gasteiger partial charge in [-0.15, -0.1) is 11.3 Å². The van der Waals surface area contributed by atoms with E-state index in [4.69, 9.17) is 10.2 Å². The van der Waals surface area contributed by atoms with E-state index in [0.29, 0.717) is 40.4 Å². The van der Waals surface area contributed by atoms with Gasteiger partial charge in [0.15, 0.2) is 5.76 Å². The van der Waals surface area contributed by atoms with Crippen molar-refractivity contribution in [2.24, 2.45) is 5.73 Å². The van der Waals surface area contributed by atoms with Gasteiger partial charge < -0.3 is 14.7 Å². The number of nitrogens with two attached hydrogens (primary N) is 1. The molecule has 230 valence electrons. The lowest BCUT2D eigenvalue weighted by Gasteiger charge is -2.13. The summed E-state index contributed by atoms with van der Waals surface area (Å²) in [5.74, 6) is 0.476. The predicted molar refractivity (Wildman–Crippen MR) is 168 cm³/mol. The number of aromatic nitrogens is 2. The molecule has 1 amide bonds. The van der Waals surface area contributed by atoms with Gasteiger partial charge in [0.25, 0.3) is 0 Å². The summed E-state index contributed by atoms with van der Waals surface area (Å²) in [6, 6.07) is 15.0. The molecule has 3 heterocycles. The van der Waals surface area contributed by atoms with Gasteiger partial charge in [0.1, 0.15) is 11.4 Å². The number of benzene rings is 2. The highest BCUT2D eigenvalue weighted by atomic mass is 79.9. The lowest BCUT2D eigenvalue weighted by Crippen LogP contribution is -2.30. The van der Waals surface area contributed by atoms with Crippen molar-refractivity contribution in [1.29, 1.82) is 0 Å². The van der Waals surface area contributed by atoms with Crippen molar-refractivity contribution in [2.75, 3.05) is 4.72 Å². The standard InChI is InChI=1S/C30H26BrF3N4O4S2/c1-2-6-26-36-16-20(14-19(29(35)39)15-21-7-5-12-43-21)38(26)17-18-10-11-25-23(13-18)27(31)28(42-25)22-8-3-4-9-24(22)37-44(40,41)30(32,33)34/h3-5,7-14,16,37H,2,6,15,17H2,1H3,(H2,35,39)/b19-14+. The van der Waals surface area contributed by atoms with Crippen molar-refractivity contribution < 1.29 is 30.8 Å². The van der Waals surface area contributed by atoms with E-state index in [1.165, 1.54) is 29.5 Å². The number of aryl methyl sites for hydroxylation is 1. The normalized spacial score (nSPS) is 12.6. The van der Waals surface area contributed by atoms with Crippen LogP contribution in [0.25, 0.3) is 28.4 Å². The average Bonchev–Trinajstić information content (AvgIpc) is 3.69. The van der Waals surface area contributed by atoms with E-state index in [1.807, 2.05) is 41.1 Å². The van der Waals surface area contributed by atoms with E-state index < -0.39 is 21.4 Å². The molecule has 3 aromatic heterocycles. The number of amides is 1. The second-order valence-electron chi connectivity index (χ2n) is 9.90. The zero-order chi connectivity index (χ0) is 31.6. The number of fused-ring (bicyclic) bond motifs is 1. The molecule has 0 fully saturated rings. The summed E-state index contributed by atoms with van der Waals surface area (Å²) in [6.45, 7) is 2.44. The monoisotopic (exact) mass is 706 g/mol. The number of carbonyl (C=O) groups excluding carboxylic acids is 1. The quantitative estimate of drug-likeness (QED) is 0.138. The number of nitrogens with zero attached hydrogens (tertiary/aromatic N) is 2. The van der Waals surface area contributed by atoms with Crippen LogP contribution >= 0.6 is 27.3 Å². The Hall–Kier alpha value is -3.88. The number of nitrogens with one attached hydrogen (secondary N) is 1. The number of primary amides is 1. The highest BCUT2D eigenvalue weighted by molar-refractivity contribution is 9.10. The summed E-state index contributed by atoms with van der Waals surface area (Å²) in [7, 11) is -5.65. The van der Waals surface area contributed by atoms with Crippen LogP contribution in [0.5, 0.6) is 0 Å². The number of para-hydroxylation sites is 1. The summed E-state index contributed by atoms with van der Waals surface area (Å²) in [6.07, 6.45) is 5.43. The van der Waals surface area contributed by atoms with Gasteiger partial charge in [0.05, 0.1) is 22.1 Å². The topological polar surface area (TPSA) is 120 Å². The Balaban J connectivity index is 1.51. The fourth-order valence-electron chi connectivity index (χ4n) is 4.68. The van der Waals surface area contributed by atoms with Crippen LogP contribution < -0.4 is 10.5 Å². The summed E-state index contributed by atoms with van der Waals surface area (Å²) in [4.78, 5) is 17.9. The molecule has 14 heteroatoms. The Bertz CT molecular complexity index is 1960. The highest BCUT2D eigenvalue weighted by Gasteiger charge is 2.46. The number of imidazole rings is 1. The average molecular weight is 708 g/mol. The number of carbonyl (C=O) groups is 1. The first-order valence-corrected chi connectivity index (χ1v) is 16.5. The number of hydrogen-bond acceptors (Lipinski definition) is 6. The van der Waals surface area contributed by atoms with Crippen molar-refractivity contribution >= 4 is 65.9 Å². The molecule has 44 heavy (non-hydrogen) atoms. The molecule has 0 unspecified atom stereocenters. The van der Waals surface area contributed by atoms with Crippen LogP contribution in [0.1, 0.15) is 35.3 Å². The molecule has 0 saturated carbocycles. The minimum absolute atomic E-state index is 0.127. The lowest BCUT2D eigenvalue weighted by atomic mass is 10.1. The van der Waals surface area contributed by atoms with Crippen molar-refractivity contribution in [3.8, 4) is 11.3 Å². The number of halogens is 4. The first-order chi connectivity index (χ1) is 20.9. The maximum Gasteiger partial charge on any atom is 0.516 e. The summed E-state index contributed by atoms with van der Waals surface area (Å²) >= 11 is 5.05. The van der Waals surface area contributed by atoms with E-state index in [-0.39, 0.29) is 17.0 Å². The largest absolute Gasteiger partial charge is 0.516 e. The van der Waals surface area contributed by atoms with Gasteiger partial charge in [-0.25, -0.2) is 4.98 Å². The number of sulfonamides is 1. The molecule has 2 aromatic carbocycles. The fourth-order valence-corrected chi connectivity index (χ4v) is 6.60. The number of thiophene rings is 1. The van der Waals surface area contributed by atoms with Crippen molar-refractivity contribution in [3.05, 3.63) is 98.2 Å². The van der Waals surface area contributed by atoms with Crippen LogP contribution in [0.3, 0.4) is 0 Å². The van der Waals surface area contributed by atoms with Crippen molar-refractivity contribution in [2.45, 2.75) is 38.2 Å². The Morgan fingerprint density at radius 1 is 1.18 bits per heavy atom. The van der Waals surface area contributed by atoms with Crippen LogP contribution in [0.15, 0.2) is 80.6 Å². The molecule has 0 aliphatic heterocycles. The lowest BCUT2D eigenvalue weighted by molar-refractivity contribution is -0.114. The third-order valence-electron chi connectivity index (χ3n) is 6.78. The van der Waals surface area contributed by atoms with Crippen LogP contribution in [0, 0.1) is 0 Å². The molecule has 0 aliphatic carbocycles. The molecule has 0 spiro atoms. The molecule has 0 atom stereocenters. The van der Waals surface area contributed by atoms with Gasteiger partial charge in [-0.2, -0.15) is 21.6 Å². The number of rotatable bonds is 11. The smallest absolute Gasteiger partial charge is 0.455 e. The number of hydrogen-bond donors (Lipinski definition) is 2. The van der Waals surface area contributed by atoms with E-state index in [2.05, 4.69) is 20.9 Å². The first-order valence-electron chi connectivity index (χ1n) is 13.3. The maximum atomic E-state index is 13.1. The van der Waals surface area contributed by atoms with Gasteiger partial charge >= 0.3 is 15.5 Å². The maximum absolute atomic E-state index is 13.1. The van der Waals surface area contributed by atoms with Gasteiger partial charge in [0.2, 0.25) is 5.91 Å². The third-order valence-corrected chi connectivity index (χ3v) is 9.54. The number of anilines is 1. The van der Waals surface area contributed by atoms with Gasteiger partial charge in [-0.1, -0.05) is 31.2 Å². The van der Waals surface area contributed by atoms with Gasteiger partial charge in [-0.3, -0.25) is 9.52 Å². The Morgan fingerprint density at radius 2 is 1.95 bits per heavy atom. The van der Waals surface area contributed by atoms with E-state index in [1.54, 1.807) is 29.1 Å². The SMILES string of the molecule is CCCc1ncc(/C=C(\Cc2cccs2)C(N)=O)n1Cc1ccc2oc(-c3ccccc3NS(=O)(=O)C(F)(F)F)c(Br)c2c1. The number of furan rings is 1. The number of alkyl halides is 3. The molecule has 5 rings (SSSR count). The molecular formula is C30H26BrF3N4O4S2. The first kappa shape index (κ1) is 31.5. The molecule has 8 nitrogen and oxygen atoms in total. The molecule has 3 N–H and O–H groups in total. The molecule has 0 bridgehead atoms. The van der Waals surface area contributed by atoms with Crippen molar-refractivity contribution in [3.63, 3.8) is 0 Å². The van der Waals surface area contributed by atoms with Gasteiger partial charge in [-0.05, 0) is 69.7 Å². The summed E-state index contributed by atoms with van der Waals surface area (Å²) in [5.41, 5.74) is 2.56. The van der Waals surface area contributed by atoms with Gasteiger partial charge in [0, 0.05) is 40.8 Å². The van der Waals surface area contributed by atoms with Crippen LogP contribution in [-0.4, -0.2) is 29.4 Å². The Morgan fingerprint density at radius 3 is 2.64 bits per heavy atom. The van der Waals surface area contributed by atoms with Crippen LogP contribution in [0.2, 0.25) is 0 Å². The molecule has 5 aromatic rings. The summed E-state index contributed by atoms with van der Waals surface area (Å²) in [5, 5.41) is 2.57. The third kappa shape index (κ3) is 6.61. The minimum atomic E-state index is -5.65. The van der Waals surface area contributed by atoms with Crippen LogP contribution in [-0.2, 0) is 34.2 Å². The van der Waals surface area contributed by atoms with Crippen LogP contribution in [0.4, 0.5) is 18.9 Å². The Labute approximate surface area is 263 Å². The van der Waals surface area contributed by atoms with Crippen molar-refractivity contribution in [1.82, 2.24) is 9.55 Å². The fraction of sp³-hybridized carbons (Fsp3) is 0.200. The van der Waals surface area contributed by atoms with E-state index in [0.717, 1.165) is 28.4 Å². The minimum Gasteiger partial charge on any atom is -0.455 e. The second kappa shape index (κ2) is 12.6. The zero-order valence-electron chi connectivity index (χ0n) is 23.2. The molecule has 0 saturated heterocycles. The second-order valence-corrected chi connectivity index (χ2v) is 13.4. The molecule has 0 aliphatic rings.